The Bertz CT molecular complexity index is 697. The molecule has 1 aromatic heterocycles. The molecule has 1 N–H and O–H groups in total. The van der Waals surface area contributed by atoms with E-state index in [0.29, 0.717) is 11.6 Å². The first-order chi connectivity index (χ1) is 12.1. The zero-order valence-corrected chi connectivity index (χ0v) is 16.1. The van der Waals surface area contributed by atoms with E-state index in [1.165, 1.54) is 4.88 Å². The van der Waals surface area contributed by atoms with E-state index in [-0.39, 0.29) is 5.91 Å². The van der Waals surface area contributed by atoms with Crippen LogP contribution in [0, 0.1) is 6.92 Å². The minimum Gasteiger partial charge on any atom is -0.325 e. The second-order valence-corrected chi connectivity index (χ2v) is 7.90. The number of carbonyl (C=O) groups is 1. The van der Waals surface area contributed by atoms with Crippen LogP contribution in [0.5, 0.6) is 0 Å². The molecular weight excluding hydrogens is 354 g/mol. The maximum atomic E-state index is 12.2. The summed E-state index contributed by atoms with van der Waals surface area (Å²) in [7, 11) is 0. The topological polar surface area (TPSA) is 35.6 Å². The Kier molecular flexibility index (Phi) is 6.48. The Morgan fingerprint density at radius 3 is 2.64 bits per heavy atom. The molecule has 0 unspecified atom stereocenters. The predicted octanol–water partition coefficient (Wildman–Crippen LogP) is 3.51. The number of carbonyl (C=O) groups excluding carboxylic acids is 1. The van der Waals surface area contributed by atoms with Crippen molar-refractivity contribution in [1.82, 2.24) is 9.80 Å². The highest BCUT2D eigenvalue weighted by Gasteiger charge is 2.19. The van der Waals surface area contributed by atoms with Gasteiger partial charge < -0.3 is 10.2 Å². The number of anilines is 1. The number of hydrogen-bond donors (Lipinski definition) is 1. The number of rotatable bonds is 6. The van der Waals surface area contributed by atoms with Crippen molar-refractivity contribution in [3.05, 3.63) is 51.2 Å². The fourth-order valence-corrected chi connectivity index (χ4v) is 3.85. The van der Waals surface area contributed by atoms with Gasteiger partial charge in [0.05, 0.1) is 6.54 Å². The number of hydrogen-bond acceptors (Lipinski definition) is 4. The summed E-state index contributed by atoms with van der Waals surface area (Å²) in [4.78, 5) is 18.4. The summed E-state index contributed by atoms with van der Waals surface area (Å²) < 4.78 is 0. The van der Waals surface area contributed by atoms with Crippen LogP contribution in [-0.2, 0) is 11.2 Å². The van der Waals surface area contributed by atoms with Crippen molar-refractivity contribution < 1.29 is 4.79 Å². The molecule has 1 aliphatic rings. The molecule has 2 heterocycles. The smallest absolute Gasteiger partial charge is 0.238 e. The van der Waals surface area contributed by atoms with Crippen molar-refractivity contribution in [2.75, 3.05) is 44.6 Å². The first-order valence-electron chi connectivity index (χ1n) is 8.63. The average molecular weight is 378 g/mol. The van der Waals surface area contributed by atoms with Crippen molar-refractivity contribution in [2.24, 2.45) is 0 Å². The second kappa shape index (κ2) is 8.81. The van der Waals surface area contributed by atoms with Crippen LogP contribution < -0.4 is 5.32 Å². The van der Waals surface area contributed by atoms with Crippen molar-refractivity contribution in [3.63, 3.8) is 0 Å². The third kappa shape index (κ3) is 5.54. The molecule has 1 saturated heterocycles. The number of amides is 1. The molecule has 1 amide bonds. The van der Waals surface area contributed by atoms with Crippen LogP contribution in [-0.4, -0.2) is 55.0 Å². The first kappa shape index (κ1) is 18.4. The molecule has 134 valence electrons. The molecule has 1 fully saturated rings. The van der Waals surface area contributed by atoms with Gasteiger partial charge in [0.1, 0.15) is 0 Å². The Labute approximate surface area is 158 Å². The van der Waals surface area contributed by atoms with Crippen LogP contribution in [0.1, 0.15) is 10.4 Å². The summed E-state index contributed by atoms with van der Waals surface area (Å²) in [6.07, 6.45) is 1.12. The van der Waals surface area contributed by atoms with Gasteiger partial charge in [0.15, 0.2) is 0 Å². The van der Waals surface area contributed by atoms with Gasteiger partial charge in [-0.25, -0.2) is 0 Å². The zero-order valence-electron chi connectivity index (χ0n) is 14.5. The van der Waals surface area contributed by atoms with Gasteiger partial charge in [0, 0.05) is 48.3 Å². The minimum atomic E-state index is 0.0203. The lowest BCUT2D eigenvalue weighted by Gasteiger charge is -2.34. The molecule has 2 aromatic rings. The summed E-state index contributed by atoms with van der Waals surface area (Å²) in [6.45, 7) is 7.40. The number of benzene rings is 1. The van der Waals surface area contributed by atoms with Gasteiger partial charge in [-0.1, -0.05) is 23.7 Å². The highest BCUT2D eigenvalue weighted by atomic mass is 35.5. The number of halogens is 1. The molecule has 0 spiro atoms. The van der Waals surface area contributed by atoms with Gasteiger partial charge in [-0.2, -0.15) is 0 Å². The fraction of sp³-hybridized carbons (Fsp3) is 0.421. The third-order valence-corrected chi connectivity index (χ3v) is 5.89. The molecule has 25 heavy (non-hydrogen) atoms. The van der Waals surface area contributed by atoms with Gasteiger partial charge in [-0.15, -0.1) is 11.3 Å². The molecule has 1 aliphatic heterocycles. The van der Waals surface area contributed by atoms with Crippen molar-refractivity contribution >= 4 is 34.5 Å². The van der Waals surface area contributed by atoms with Gasteiger partial charge in [-0.05, 0) is 42.5 Å². The van der Waals surface area contributed by atoms with E-state index in [2.05, 4.69) is 32.6 Å². The Morgan fingerprint density at radius 2 is 1.96 bits per heavy atom. The van der Waals surface area contributed by atoms with Crippen LogP contribution in [0.3, 0.4) is 0 Å². The summed E-state index contributed by atoms with van der Waals surface area (Å²) in [5, 5.41) is 5.74. The standard InChI is InChI=1S/C19H24ClN3OS/c1-15-4-5-16(13-18(15)20)21-19(24)14-23-10-8-22(9-11-23)7-6-17-3-2-12-25-17/h2-5,12-13H,6-11,14H2,1H3,(H,21,24). The summed E-state index contributed by atoms with van der Waals surface area (Å²) in [5.74, 6) is 0.0203. The summed E-state index contributed by atoms with van der Waals surface area (Å²) in [5.41, 5.74) is 1.77. The lowest BCUT2D eigenvalue weighted by atomic mass is 10.2. The molecule has 0 bridgehead atoms. The maximum absolute atomic E-state index is 12.2. The molecule has 1 aromatic carbocycles. The highest BCUT2D eigenvalue weighted by Crippen LogP contribution is 2.20. The normalized spacial score (nSPS) is 16.1. The summed E-state index contributed by atoms with van der Waals surface area (Å²) in [6, 6.07) is 9.92. The molecule has 0 aliphatic carbocycles. The maximum Gasteiger partial charge on any atom is 0.238 e. The minimum absolute atomic E-state index is 0.0203. The molecule has 0 atom stereocenters. The number of nitrogens with zero attached hydrogens (tertiary/aromatic N) is 2. The monoisotopic (exact) mass is 377 g/mol. The lowest BCUT2D eigenvalue weighted by Crippen LogP contribution is -2.49. The Hall–Kier alpha value is -1.40. The van der Waals surface area contributed by atoms with Gasteiger partial charge >= 0.3 is 0 Å². The van der Waals surface area contributed by atoms with E-state index >= 15 is 0 Å². The van der Waals surface area contributed by atoms with Gasteiger partial charge in [0.25, 0.3) is 0 Å². The Balaban J connectivity index is 1.39. The van der Waals surface area contributed by atoms with Crippen molar-refractivity contribution in [3.8, 4) is 0 Å². The predicted molar refractivity (Wildman–Crippen MR) is 106 cm³/mol. The van der Waals surface area contributed by atoms with E-state index in [9.17, 15) is 4.79 Å². The largest absolute Gasteiger partial charge is 0.325 e. The van der Waals surface area contributed by atoms with E-state index in [1.54, 1.807) is 6.07 Å². The van der Waals surface area contributed by atoms with Crippen molar-refractivity contribution in [2.45, 2.75) is 13.3 Å². The summed E-state index contributed by atoms with van der Waals surface area (Å²) >= 11 is 7.93. The van der Waals surface area contributed by atoms with Crippen LogP contribution in [0.15, 0.2) is 35.7 Å². The van der Waals surface area contributed by atoms with E-state index in [1.807, 2.05) is 30.4 Å². The first-order valence-corrected chi connectivity index (χ1v) is 9.89. The van der Waals surface area contributed by atoms with Crippen LogP contribution in [0.2, 0.25) is 5.02 Å². The van der Waals surface area contributed by atoms with Crippen LogP contribution in [0.25, 0.3) is 0 Å². The molecule has 4 nitrogen and oxygen atoms in total. The molecule has 0 saturated carbocycles. The molecular formula is C19H24ClN3OS. The van der Waals surface area contributed by atoms with Crippen molar-refractivity contribution in [1.29, 1.82) is 0 Å². The third-order valence-electron chi connectivity index (χ3n) is 4.54. The van der Waals surface area contributed by atoms with E-state index in [4.69, 9.17) is 11.6 Å². The van der Waals surface area contributed by atoms with Crippen LogP contribution >= 0.6 is 22.9 Å². The zero-order chi connectivity index (χ0) is 17.6. The Morgan fingerprint density at radius 1 is 1.20 bits per heavy atom. The van der Waals surface area contributed by atoms with E-state index in [0.717, 1.165) is 50.4 Å². The second-order valence-electron chi connectivity index (χ2n) is 6.46. The van der Waals surface area contributed by atoms with Gasteiger partial charge in [-0.3, -0.25) is 9.69 Å². The number of piperazine rings is 1. The number of thiophene rings is 1. The number of aryl methyl sites for hydroxylation is 1. The van der Waals surface area contributed by atoms with Crippen LogP contribution in [0.4, 0.5) is 5.69 Å². The highest BCUT2D eigenvalue weighted by molar-refractivity contribution is 7.09. The number of nitrogens with one attached hydrogen (secondary N) is 1. The molecule has 3 rings (SSSR count). The SMILES string of the molecule is Cc1ccc(NC(=O)CN2CCN(CCc3cccs3)CC2)cc1Cl. The molecule has 6 heteroatoms. The van der Waals surface area contributed by atoms with Gasteiger partial charge in [0.2, 0.25) is 5.91 Å². The molecule has 0 radical (unpaired) electrons. The fourth-order valence-electron chi connectivity index (χ4n) is 2.97. The quantitative estimate of drug-likeness (QED) is 0.836. The van der Waals surface area contributed by atoms with E-state index < -0.39 is 0 Å². The average Bonchev–Trinajstić information content (AvgIpc) is 3.11. The lowest BCUT2D eigenvalue weighted by molar-refractivity contribution is -0.117.